The highest BCUT2D eigenvalue weighted by molar-refractivity contribution is 7.09. The molecular formula is C16H21FN2S. The Morgan fingerprint density at radius 2 is 1.95 bits per heavy atom. The maximum absolute atomic E-state index is 13.0. The number of nitrogens with one attached hydrogen (secondary N) is 1. The van der Waals surface area contributed by atoms with Crippen LogP contribution >= 0.6 is 11.3 Å². The quantitative estimate of drug-likeness (QED) is 0.842. The molecule has 1 unspecified atom stereocenters. The molecule has 0 bridgehead atoms. The van der Waals surface area contributed by atoms with E-state index in [9.17, 15) is 4.39 Å². The number of rotatable bonds is 7. The summed E-state index contributed by atoms with van der Waals surface area (Å²) in [4.78, 5) is 5.45. The van der Waals surface area contributed by atoms with E-state index < -0.39 is 0 Å². The minimum atomic E-state index is -0.173. The lowest BCUT2D eigenvalue weighted by atomic mass is 9.95. The Hall–Kier alpha value is -1.26. The minimum absolute atomic E-state index is 0.173. The maximum atomic E-state index is 13.0. The van der Waals surface area contributed by atoms with Crippen LogP contribution in [-0.2, 0) is 12.8 Å². The Kier molecular flexibility index (Phi) is 5.68. The van der Waals surface area contributed by atoms with Gasteiger partial charge in [-0.2, -0.15) is 0 Å². The third-order valence-electron chi connectivity index (χ3n) is 3.23. The SMILES string of the molecule is CC(C)NCC(Cc1ccc(F)cc1)Cc1cncs1. The van der Waals surface area contributed by atoms with E-state index in [1.165, 1.54) is 22.6 Å². The first-order valence-electron chi connectivity index (χ1n) is 6.98. The number of halogens is 1. The van der Waals surface area contributed by atoms with E-state index in [2.05, 4.69) is 24.1 Å². The van der Waals surface area contributed by atoms with Crippen LogP contribution in [0.1, 0.15) is 24.3 Å². The van der Waals surface area contributed by atoms with Gasteiger partial charge in [0.25, 0.3) is 0 Å². The lowest BCUT2D eigenvalue weighted by Crippen LogP contribution is -2.30. The molecule has 2 rings (SSSR count). The fourth-order valence-electron chi connectivity index (χ4n) is 2.20. The van der Waals surface area contributed by atoms with Crippen molar-refractivity contribution < 1.29 is 4.39 Å². The van der Waals surface area contributed by atoms with Gasteiger partial charge in [-0.1, -0.05) is 26.0 Å². The summed E-state index contributed by atoms with van der Waals surface area (Å²) in [7, 11) is 0. The molecule has 0 aliphatic rings. The predicted octanol–water partition coefficient (Wildman–Crippen LogP) is 3.68. The Bertz CT molecular complexity index is 494. The van der Waals surface area contributed by atoms with Gasteiger partial charge >= 0.3 is 0 Å². The van der Waals surface area contributed by atoms with Crippen LogP contribution in [0.25, 0.3) is 0 Å². The van der Waals surface area contributed by atoms with Gasteiger partial charge in [-0.05, 0) is 43.0 Å². The zero-order valence-corrected chi connectivity index (χ0v) is 12.8. The van der Waals surface area contributed by atoms with Gasteiger partial charge < -0.3 is 5.32 Å². The molecule has 20 heavy (non-hydrogen) atoms. The lowest BCUT2D eigenvalue weighted by molar-refractivity contribution is 0.446. The second-order valence-corrected chi connectivity index (χ2v) is 6.40. The van der Waals surface area contributed by atoms with Gasteiger partial charge in [0.15, 0.2) is 0 Å². The molecule has 1 N–H and O–H groups in total. The number of hydrogen-bond acceptors (Lipinski definition) is 3. The molecule has 0 radical (unpaired) electrons. The van der Waals surface area contributed by atoms with Gasteiger partial charge in [-0.3, -0.25) is 4.98 Å². The van der Waals surface area contributed by atoms with E-state index in [1.807, 2.05) is 23.8 Å². The van der Waals surface area contributed by atoms with Crippen LogP contribution in [0.2, 0.25) is 0 Å². The monoisotopic (exact) mass is 292 g/mol. The average molecular weight is 292 g/mol. The van der Waals surface area contributed by atoms with E-state index in [0.29, 0.717) is 12.0 Å². The summed E-state index contributed by atoms with van der Waals surface area (Å²) in [5.74, 6) is 0.330. The number of aromatic nitrogens is 1. The smallest absolute Gasteiger partial charge is 0.123 e. The Labute approximate surface area is 124 Å². The van der Waals surface area contributed by atoms with E-state index in [0.717, 1.165) is 19.4 Å². The highest BCUT2D eigenvalue weighted by atomic mass is 32.1. The van der Waals surface area contributed by atoms with Crippen molar-refractivity contribution in [2.45, 2.75) is 32.7 Å². The second-order valence-electron chi connectivity index (χ2n) is 5.43. The third kappa shape index (κ3) is 5.02. The van der Waals surface area contributed by atoms with E-state index in [4.69, 9.17) is 0 Å². The van der Waals surface area contributed by atoms with Crippen LogP contribution in [0, 0.1) is 11.7 Å². The molecule has 1 aromatic heterocycles. The Morgan fingerprint density at radius 3 is 2.55 bits per heavy atom. The molecular weight excluding hydrogens is 271 g/mol. The summed E-state index contributed by atoms with van der Waals surface area (Å²) in [6, 6.07) is 7.31. The summed E-state index contributed by atoms with van der Waals surface area (Å²) >= 11 is 1.70. The molecule has 1 aromatic carbocycles. The molecule has 108 valence electrons. The average Bonchev–Trinajstić information content (AvgIpc) is 2.91. The molecule has 0 aliphatic carbocycles. The predicted molar refractivity (Wildman–Crippen MR) is 82.6 cm³/mol. The molecule has 0 saturated heterocycles. The molecule has 2 nitrogen and oxygen atoms in total. The Morgan fingerprint density at radius 1 is 1.20 bits per heavy atom. The zero-order valence-electron chi connectivity index (χ0n) is 12.0. The lowest BCUT2D eigenvalue weighted by Gasteiger charge is -2.19. The van der Waals surface area contributed by atoms with Crippen LogP contribution in [0.5, 0.6) is 0 Å². The fraction of sp³-hybridized carbons (Fsp3) is 0.438. The first-order valence-corrected chi connectivity index (χ1v) is 7.86. The molecule has 1 heterocycles. The van der Waals surface area contributed by atoms with Crippen molar-refractivity contribution in [3.05, 3.63) is 52.2 Å². The normalized spacial score (nSPS) is 12.8. The topological polar surface area (TPSA) is 24.9 Å². The third-order valence-corrected chi connectivity index (χ3v) is 4.03. The number of benzene rings is 1. The van der Waals surface area contributed by atoms with Gasteiger partial charge in [-0.25, -0.2) is 4.39 Å². The van der Waals surface area contributed by atoms with E-state index in [-0.39, 0.29) is 5.82 Å². The molecule has 4 heteroatoms. The van der Waals surface area contributed by atoms with Crippen LogP contribution in [-0.4, -0.2) is 17.6 Å². The second kappa shape index (κ2) is 7.50. The number of hydrogen-bond donors (Lipinski definition) is 1. The largest absolute Gasteiger partial charge is 0.314 e. The molecule has 1 atom stereocenters. The van der Waals surface area contributed by atoms with Crippen molar-refractivity contribution in [2.24, 2.45) is 5.92 Å². The van der Waals surface area contributed by atoms with Crippen molar-refractivity contribution >= 4 is 11.3 Å². The van der Waals surface area contributed by atoms with Crippen LogP contribution < -0.4 is 5.32 Å². The van der Waals surface area contributed by atoms with Crippen molar-refractivity contribution in [2.75, 3.05) is 6.54 Å². The first kappa shape index (κ1) is 15.1. The fourth-order valence-corrected chi connectivity index (χ4v) is 2.91. The van der Waals surface area contributed by atoms with E-state index >= 15 is 0 Å². The molecule has 0 fully saturated rings. The summed E-state index contributed by atoms with van der Waals surface area (Å²) in [5.41, 5.74) is 3.06. The summed E-state index contributed by atoms with van der Waals surface area (Å²) in [6.45, 7) is 5.27. The minimum Gasteiger partial charge on any atom is -0.314 e. The van der Waals surface area contributed by atoms with Gasteiger partial charge in [0.1, 0.15) is 5.82 Å². The highest BCUT2D eigenvalue weighted by Gasteiger charge is 2.12. The van der Waals surface area contributed by atoms with Crippen molar-refractivity contribution in [3.63, 3.8) is 0 Å². The number of nitrogens with zero attached hydrogens (tertiary/aromatic N) is 1. The van der Waals surface area contributed by atoms with E-state index in [1.54, 1.807) is 11.3 Å². The van der Waals surface area contributed by atoms with Crippen molar-refractivity contribution in [1.29, 1.82) is 0 Å². The first-order chi connectivity index (χ1) is 9.63. The summed E-state index contributed by atoms with van der Waals surface area (Å²) < 4.78 is 13.0. The van der Waals surface area contributed by atoms with Gasteiger partial charge in [0, 0.05) is 17.1 Å². The van der Waals surface area contributed by atoms with Crippen LogP contribution in [0.3, 0.4) is 0 Å². The van der Waals surface area contributed by atoms with Crippen LogP contribution in [0.15, 0.2) is 36.0 Å². The Balaban J connectivity index is 1.99. The molecule has 0 aliphatic heterocycles. The summed E-state index contributed by atoms with van der Waals surface area (Å²) in [5, 5.41) is 3.50. The molecule has 0 spiro atoms. The molecule has 0 saturated carbocycles. The maximum Gasteiger partial charge on any atom is 0.123 e. The summed E-state index contributed by atoms with van der Waals surface area (Å²) in [6.07, 6.45) is 3.91. The zero-order chi connectivity index (χ0) is 14.4. The van der Waals surface area contributed by atoms with Crippen molar-refractivity contribution in [3.8, 4) is 0 Å². The molecule has 2 aromatic rings. The van der Waals surface area contributed by atoms with Crippen molar-refractivity contribution in [1.82, 2.24) is 10.3 Å². The van der Waals surface area contributed by atoms with Gasteiger partial charge in [-0.15, -0.1) is 11.3 Å². The van der Waals surface area contributed by atoms with Gasteiger partial charge in [0.05, 0.1) is 5.51 Å². The van der Waals surface area contributed by atoms with Gasteiger partial charge in [0.2, 0.25) is 0 Å². The number of thiazole rings is 1. The van der Waals surface area contributed by atoms with Crippen LogP contribution in [0.4, 0.5) is 4.39 Å². The molecule has 0 amide bonds. The standard InChI is InChI=1S/C16H21FN2S/c1-12(2)19-9-14(8-16-10-18-11-20-16)7-13-3-5-15(17)6-4-13/h3-6,10-12,14,19H,7-9H2,1-2H3. The highest BCUT2D eigenvalue weighted by Crippen LogP contribution is 2.17.